The first-order chi connectivity index (χ1) is 15.5. The van der Waals surface area contributed by atoms with Gasteiger partial charge in [0.1, 0.15) is 0 Å². The maximum atomic E-state index is 13.1. The third-order valence-corrected chi connectivity index (χ3v) is 6.02. The van der Waals surface area contributed by atoms with Gasteiger partial charge in [0.15, 0.2) is 5.72 Å². The van der Waals surface area contributed by atoms with E-state index < -0.39 is 23.5 Å². The van der Waals surface area contributed by atoms with Crippen LogP contribution in [0.3, 0.4) is 0 Å². The Morgan fingerprint density at radius 2 is 1.56 bits per heavy atom. The third-order valence-electron chi connectivity index (χ3n) is 6.02. The van der Waals surface area contributed by atoms with Gasteiger partial charge in [-0.1, -0.05) is 78.9 Å². The summed E-state index contributed by atoms with van der Waals surface area (Å²) in [4.78, 5) is 25.0. The molecule has 1 aliphatic carbocycles. The van der Waals surface area contributed by atoms with E-state index in [0.717, 1.165) is 22.3 Å². The molecule has 3 aromatic rings. The number of fused-ring (bicyclic) bond motifs is 1. The quantitative estimate of drug-likeness (QED) is 0.263. The normalized spacial score (nSPS) is 17.9. The standard InChI is InChI=1S/C26H26N2O4/c29-24(28-32)17-22(16-18-10-12-20(13-11-18)19-6-2-1-3-7-19)25(30)27-26(31)15-14-21-8-4-5-9-23(21)26/h1-13,22,31-32H,14-17H2,(H,27,30)(H,28,29)/t22-,26+/m1/s1. The Bertz CT molecular complexity index is 1100. The highest BCUT2D eigenvalue weighted by Gasteiger charge is 2.39. The number of carbonyl (C=O) groups excluding carboxylic acids is 2. The van der Waals surface area contributed by atoms with Crippen molar-refractivity contribution in [2.24, 2.45) is 5.92 Å². The minimum Gasteiger partial charge on any atom is -0.367 e. The molecule has 0 bridgehead atoms. The summed E-state index contributed by atoms with van der Waals surface area (Å²) < 4.78 is 0. The van der Waals surface area contributed by atoms with E-state index in [0.29, 0.717) is 24.8 Å². The van der Waals surface area contributed by atoms with Crippen molar-refractivity contribution in [1.82, 2.24) is 10.8 Å². The molecule has 2 atom stereocenters. The minimum atomic E-state index is -1.46. The molecule has 1 aliphatic rings. The highest BCUT2D eigenvalue weighted by atomic mass is 16.5. The first-order valence-corrected chi connectivity index (χ1v) is 10.7. The lowest BCUT2D eigenvalue weighted by Gasteiger charge is -2.28. The second-order valence-electron chi connectivity index (χ2n) is 8.21. The van der Waals surface area contributed by atoms with Gasteiger partial charge in [-0.05, 0) is 35.1 Å². The molecule has 0 unspecified atom stereocenters. The molecule has 0 aliphatic heterocycles. The molecule has 0 radical (unpaired) electrons. The fourth-order valence-electron chi connectivity index (χ4n) is 4.30. The number of hydrogen-bond donors (Lipinski definition) is 4. The van der Waals surface area contributed by atoms with E-state index in [-0.39, 0.29) is 6.42 Å². The smallest absolute Gasteiger partial charge is 0.244 e. The highest BCUT2D eigenvalue weighted by Crippen LogP contribution is 2.35. The topological polar surface area (TPSA) is 98.7 Å². The zero-order valence-corrected chi connectivity index (χ0v) is 17.6. The van der Waals surface area contributed by atoms with Crippen molar-refractivity contribution in [2.45, 2.75) is 31.4 Å². The van der Waals surface area contributed by atoms with E-state index in [1.807, 2.05) is 72.8 Å². The summed E-state index contributed by atoms with van der Waals surface area (Å²) in [5.74, 6) is -1.83. The van der Waals surface area contributed by atoms with Gasteiger partial charge in [0.2, 0.25) is 11.8 Å². The van der Waals surface area contributed by atoms with Gasteiger partial charge in [-0.2, -0.15) is 0 Å². The Balaban J connectivity index is 1.51. The fourth-order valence-corrected chi connectivity index (χ4v) is 4.30. The third kappa shape index (κ3) is 4.72. The van der Waals surface area contributed by atoms with Crippen LogP contribution in [-0.2, 0) is 28.2 Å². The highest BCUT2D eigenvalue weighted by molar-refractivity contribution is 5.86. The van der Waals surface area contributed by atoms with E-state index in [1.54, 1.807) is 11.5 Å². The van der Waals surface area contributed by atoms with Gasteiger partial charge in [-0.3, -0.25) is 14.8 Å². The van der Waals surface area contributed by atoms with Crippen LogP contribution < -0.4 is 10.8 Å². The number of hydrogen-bond acceptors (Lipinski definition) is 4. The van der Waals surface area contributed by atoms with Crippen molar-refractivity contribution in [2.75, 3.05) is 0 Å². The average molecular weight is 431 g/mol. The number of hydroxylamine groups is 1. The van der Waals surface area contributed by atoms with Crippen molar-refractivity contribution in [3.05, 3.63) is 95.6 Å². The van der Waals surface area contributed by atoms with E-state index in [2.05, 4.69) is 5.32 Å². The average Bonchev–Trinajstić information content (AvgIpc) is 3.16. The Morgan fingerprint density at radius 1 is 0.906 bits per heavy atom. The molecule has 6 heteroatoms. The van der Waals surface area contributed by atoms with E-state index in [1.165, 1.54) is 0 Å². The van der Waals surface area contributed by atoms with Crippen LogP contribution in [0.5, 0.6) is 0 Å². The number of carbonyl (C=O) groups is 2. The Morgan fingerprint density at radius 3 is 2.28 bits per heavy atom. The minimum absolute atomic E-state index is 0.194. The molecule has 0 heterocycles. The van der Waals surface area contributed by atoms with E-state index in [9.17, 15) is 14.7 Å². The van der Waals surface area contributed by atoms with Crippen molar-refractivity contribution < 1.29 is 19.9 Å². The van der Waals surface area contributed by atoms with E-state index in [4.69, 9.17) is 5.21 Å². The van der Waals surface area contributed by atoms with Crippen molar-refractivity contribution in [3.63, 3.8) is 0 Å². The van der Waals surface area contributed by atoms with Crippen molar-refractivity contribution in [3.8, 4) is 11.1 Å². The van der Waals surface area contributed by atoms with Gasteiger partial charge >= 0.3 is 0 Å². The van der Waals surface area contributed by atoms with Gasteiger partial charge in [-0.25, -0.2) is 5.48 Å². The largest absolute Gasteiger partial charge is 0.367 e. The molecule has 32 heavy (non-hydrogen) atoms. The molecule has 6 nitrogen and oxygen atoms in total. The summed E-state index contributed by atoms with van der Waals surface area (Å²) in [5.41, 5.74) is 4.86. The van der Waals surface area contributed by atoms with Crippen LogP contribution in [-0.4, -0.2) is 22.1 Å². The Hall–Kier alpha value is -3.48. The molecule has 0 saturated carbocycles. The summed E-state index contributed by atoms with van der Waals surface area (Å²) in [6, 6.07) is 25.2. The van der Waals surface area contributed by atoms with Gasteiger partial charge in [-0.15, -0.1) is 0 Å². The zero-order valence-electron chi connectivity index (χ0n) is 17.6. The molecule has 2 amide bonds. The van der Waals surface area contributed by atoms with Crippen LogP contribution in [0.2, 0.25) is 0 Å². The molecular formula is C26H26N2O4. The Labute approximate surface area is 186 Å². The molecule has 4 rings (SSSR count). The van der Waals surface area contributed by atoms with Crippen LogP contribution >= 0.6 is 0 Å². The van der Waals surface area contributed by atoms with Gasteiger partial charge < -0.3 is 10.4 Å². The lowest BCUT2D eigenvalue weighted by Crippen LogP contribution is -2.47. The number of nitrogens with one attached hydrogen (secondary N) is 2. The number of benzene rings is 3. The maximum absolute atomic E-state index is 13.1. The number of rotatable bonds is 7. The SMILES string of the molecule is O=C(C[C@@H](Cc1ccc(-c2ccccc2)cc1)C(=O)N[C@]1(O)CCc2ccccc21)NO. The second-order valence-corrected chi connectivity index (χ2v) is 8.21. The molecule has 3 aromatic carbocycles. The lowest BCUT2D eigenvalue weighted by atomic mass is 9.92. The van der Waals surface area contributed by atoms with E-state index >= 15 is 0 Å². The predicted octanol–water partition coefficient (Wildman–Crippen LogP) is 3.32. The monoisotopic (exact) mass is 430 g/mol. The van der Waals surface area contributed by atoms with Crippen molar-refractivity contribution in [1.29, 1.82) is 0 Å². The van der Waals surface area contributed by atoms with Gasteiger partial charge in [0.05, 0.1) is 5.92 Å². The fraction of sp³-hybridized carbons (Fsp3) is 0.231. The first-order valence-electron chi connectivity index (χ1n) is 10.7. The lowest BCUT2D eigenvalue weighted by molar-refractivity contribution is -0.139. The summed E-state index contributed by atoms with van der Waals surface area (Å²) in [7, 11) is 0. The van der Waals surface area contributed by atoms with Gasteiger partial charge in [0, 0.05) is 18.4 Å². The molecule has 0 spiro atoms. The van der Waals surface area contributed by atoms with Crippen LogP contribution in [0.1, 0.15) is 29.5 Å². The molecule has 164 valence electrons. The van der Waals surface area contributed by atoms with Crippen molar-refractivity contribution >= 4 is 11.8 Å². The zero-order chi connectivity index (χ0) is 22.6. The first kappa shape index (κ1) is 21.7. The molecule has 0 fully saturated rings. The number of aliphatic hydroxyl groups is 1. The van der Waals surface area contributed by atoms with Gasteiger partial charge in [0.25, 0.3) is 0 Å². The molecule has 0 aromatic heterocycles. The van der Waals surface area contributed by atoms with Crippen LogP contribution in [0, 0.1) is 5.92 Å². The maximum Gasteiger partial charge on any atom is 0.244 e. The summed E-state index contributed by atoms with van der Waals surface area (Å²) >= 11 is 0. The molecule has 4 N–H and O–H groups in total. The van der Waals surface area contributed by atoms with Crippen LogP contribution in [0.15, 0.2) is 78.9 Å². The van der Waals surface area contributed by atoms with Crippen LogP contribution in [0.4, 0.5) is 0 Å². The number of amides is 2. The predicted molar refractivity (Wildman–Crippen MR) is 120 cm³/mol. The molecule has 0 saturated heterocycles. The summed E-state index contributed by atoms with van der Waals surface area (Å²) in [5, 5.41) is 22.8. The second kappa shape index (κ2) is 9.34. The summed E-state index contributed by atoms with van der Waals surface area (Å²) in [6.07, 6.45) is 1.14. The Kier molecular flexibility index (Phi) is 6.35. The summed E-state index contributed by atoms with van der Waals surface area (Å²) in [6.45, 7) is 0. The van der Waals surface area contributed by atoms with Crippen LogP contribution in [0.25, 0.3) is 11.1 Å². The molecular weight excluding hydrogens is 404 g/mol. The number of aryl methyl sites for hydroxylation is 1.